The van der Waals surface area contributed by atoms with Crippen LogP contribution in [-0.4, -0.2) is 28.9 Å². The topological polar surface area (TPSA) is 83.6 Å². The number of anilines is 1. The smallest absolute Gasteiger partial charge is 0.276 e. The van der Waals surface area contributed by atoms with E-state index in [1.807, 2.05) is 24.3 Å². The Balaban J connectivity index is 1.72. The summed E-state index contributed by atoms with van der Waals surface area (Å²) >= 11 is 3.39. The van der Waals surface area contributed by atoms with Crippen LogP contribution in [0.3, 0.4) is 0 Å². The lowest BCUT2D eigenvalue weighted by molar-refractivity contribution is 0.0491. The highest BCUT2D eigenvalue weighted by atomic mass is 79.9. The molecule has 2 heterocycles. The number of nitrogens with one attached hydrogen (secondary N) is 2. The van der Waals surface area contributed by atoms with Gasteiger partial charge in [-0.2, -0.15) is 0 Å². The lowest BCUT2D eigenvalue weighted by Gasteiger charge is -2.37. The molecule has 7 nitrogen and oxygen atoms in total. The number of halogens is 1. The Morgan fingerprint density at radius 1 is 1.14 bits per heavy atom. The van der Waals surface area contributed by atoms with Crippen molar-refractivity contribution in [3.05, 3.63) is 88.2 Å². The summed E-state index contributed by atoms with van der Waals surface area (Å²) in [4.78, 5) is 29.9. The number of aromatic nitrogens is 1. The molecule has 0 saturated carbocycles. The minimum atomic E-state index is -0.590. The molecule has 0 spiro atoms. The number of nitrogens with zero attached hydrogens (tertiary/aromatic N) is 2. The zero-order valence-electron chi connectivity index (χ0n) is 15.4. The number of rotatable bonds is 4. The lowest BCUT2D eigenvalue weighted by Crippen LogP contribution is -2.52. The van der Waals surface area contributed by atoms with Crippen LogP contribution in [0.15, 0.2) is 71.5 Å². The third-order valence-corrected chi connectivity index (χ3v) is 5.07. The molecule has 0 unspecified atom stereocenters. The molecule has 0 saturated heterocycles. The van der Waals surface area contributed by atoms with E-state index in [-0.39, 0.29) is 5.91 Å². The minimum Gasteiger partial charge on any atom is -0.497 e. The molecule has 0 aliphatic carbocycles. The molecule has 4 rings (SSSR count). The summed E-state index contributed by atoms with van der Waals surface area (Å²) < 4.78 is 5.99. The Morgan fingerprint density at radius 3 is 2.55 bits per heavy atom. The molecule has 0 bridgehead atoms. The molecule has 0 fully saturated rings. The fourth-order valence-corrected chi connectivity index (χ4v) is 3.45. The summed E-state index contributed by atoms with van der Waals surface area (Å²) in [5.41, 5.74) is 5.07. The largest absolute Gasteiger partial charge is 0.497 e. The van der Waals surface area contributed by atoms with Crippen molar-refractivity contribution in [1.82, 2.24) is 15.4 Å². The van der Waals surface area contributed by atoms with Gasteiger partial charge in [0.2, 0.25) is 0 Å². The predicted molar refractivity (Wildman–Crippen MR) is 111 cm³/mol. The Bertz CT molecular complexity index is 1060. The summed E-state index contributed by atoms with van der Waals surface area (Å²) in [5.74, 6) is -0.0182. The van der Waals surface area contributed by atoms with Crippen molar-refractivity contribution in [1.29, 1.82) is 0 Å². The van der Waals surface area contributed by atoms with E-state index in [0.717, 1.165) is 10.0 Å². The number of ether oxygens (including phenoxy) is 1. The van der Waals surface area contributed by atoms with Gasteiger partial charge in [-0.25, -0.2) is 5.01 Å². The zero-order chi connectivity index (χ0) is 20.4. The van der Waals surface area contributed by atoms with Crippen LogP contribution in [0.4, 0.5) is 5.69 Å². The van der Waals surface area contributed by atoms with Crippen LogP contribution in [0.1, 0.15) is 32.4 Å². The molecular weight excluding hydrogens is 436 g/mol. The highest BCUT2D eigenvalue weighted by Gasteiger charge is 2.34. The van der Waals surface area contributed by atoms with Crippen LogP contribution in [0.25, 0.3) is 0 Å². The summed E-state index contributed by atoms with van der Waals surface area (Å²) in [5, 5.41) is 4.64. The predicted octanol–water partition coefficient (Wildman–Crippen LogP) is 3.76. The molecule has 0 radical (unpaired) electrons. The van der Waals surface area contributed by atoms with Gasteiger partial charge in [-0.15, -0.1) is 0 Å². The summed E-state index contributed by atoms with van der Waals surface area (Å²) in [7, 11) is 1.59. The zero-order valence-corrected chi connectivity index (χ0v) is 17.0. The van der Waals surface area contributed by atoms with Gasteiger partial charge in [-0.3, -0.25) is 20.0 Å². The van der Waals surface area contributed by atoms with Gasteiger partial charge >= 0.3 is 0 Å². The van der Waals surface area contributed by atoms with E-state index in [2.05, 4.69) is 31.7 Å². The molecule has 1 aromatic heterocycles. The summed E-state index contributed by atoms with van der Waals surface area (Å²) in [6.07, 6.45) is 2.46. The van der Waals surface area contributed by atoms with E-state index in [1.54, 1.807) is 37.4 Å². The molecule has 29 heavy (non-hydrogen) atoms. The fraction of sp³-hybridized carbons (Fsp3) is 0.0952. The molecule has 1 aliphatic heterocycles. The second kappa shape index (κ2) is 7.92. The maximum absolute atomic E-state index is 13.3. The van der Waals surface area contributed by atoms with Crippen molar-refractivity contribution in [2.24, 2.45) is 0 Å². The first kappa shape index (κ1) is 18.9. The first-order valence-electron chi connectivity index (χ1n) is 8.81. The second-order valence-electron chi connectivity index (χ2n) is 6.36. The quantitative estimate of drug-likeness (QED) is 0.629. The number of benzene rings is 2. The number of methoxy groups -OCH3 is 1. The number of amides is 2. The molecule has 2 aromatic carbocycles. The van der Waals surface area contributed by atoms with Gasteiger partial charge in [0.25, 0.3) is 11.8 Å². The third-order valence-electron chi connectivity index (χ3n) is 4.58. The Labute approximate surface area is 175 Å². The van der Waals surface area contributed by atoms with Crippen molar-refractivity contribution in [2.75, 3.05) is 12.4 Å². The van der Waals surface area contributed by atoms with Gasteiger partial charge in [-0.1, -0.05) is 28.1 Å². The van der Waals surface area contributed by atoms with Crippen molar-refractivity contribution < 1.29 is 14.3 Å². The van der Waals surface area contributed by atoms with Crippen molar-refractivity contribution >= 4 is 33.4 Å². The Kier molecular flexibility index (Phi) is 5.18. The first-order chi connectivity index (χ1) is 14.1. The standard InChI is InChI=1S/C21H17BrN4O3/c1-29-16-5-2-13(3-6-16)19-24-18-7-4-15(22)12-17(18)21(28)26(19)25-20(27)14-8-10-23-11-9-14/h2-12,19,24H,1H3,(H,25,27)/t19-/m1/s1. The minimum absolute atomic E-state index is 0.316. The van der Waals surface area contributed by atoms with Crippen LogP contribution in [0, 0.1) is 0 Å². The fourth-order valence-electron chi connectivity index (χ4n) is 3.09. The molecule has 1 atom stereocenters. The maximum Gasteiger partial charge on any atom is 0.276 e. The average Bonchev–Trinajstić information content (AvgIpc) is 2.76. The number of carbonyl (C=O) groups excluding carboxylic acids is 2. The number of pyridine rings is 1. The third kappa shape index (κ3) is 3.79. The molecule has 146 valence electrons. The molecule has 2 amide bonds. The van der Waals surface area contributed by atoms with E-state index >= 15 is 0 Å². The summed E-state index contributed by atoms with van der Waals surface area (Å²) in [6, 6.07) is 15.9. The number of hydrogen-bond donors (Lipinski definition) is 2. The SMILES string of the molecule is COc1ccc([C@@H]2Nc3ccc(Br)cc3C(=O)N2NC(=O)c2ccncc2)cc1. The van der Waals surface area contributed by atoms with Crippen molar-refractivity contribution in [3.63, 3.8) is 0 Å². The normalized spacial score (nSPS) is 15.3. The monoisotopic (exact) mass is 452 g/mol. The molecular formula is C21H17BrN4O3. The van der Waals surface area contributed by atoms with Crippen molar-refractivity contribution in [2.45, 2.75) is 6.17 Å². The van der Waals surface area contributed by atoms with Gasteiger partial charge < -0.3 is 10.1 Å². The van der Waals surface area contributed by atoms with Gasteiger partial charge in [-0.05, 0) is 48.0 Å². The highest BCUT2D eigenvalue weighted by molar-refractivity contribution is 9.10. The molecule has 2 N–H and O–H groups in total. The van der Waals surface area contributed by atoms with E-state index in [4.69, 9.17) is 4.74 Å². The number of hydrogen-bond acceptors (Lipinski definition) is 5. The number of fused-ring (bicyclic) bond motifs is 1. The summed E-state index contributed by atoms with van der Waals surface area (Å²) in [6.45, 7) is 0. The molecule has 3 aromatic rings. The van der Waals surface area contributed by atoms with E-state index in [1.165, 1.54) is 17.4 Å². The highest BCUT2D eigenvalue weighted by Crippen LogP contribution is 2.34. The van der Waals surface area contributed by atoms with Gasteiger partial charge in [0, 0.05) is 28.1 Å². The van der Waals surface area contributed by atoms with Crippen molar-refractivity contribution in [3.8, 4) is 5.75 Å². The van der Waals surface area contributed by atoms with Gasteiger partial charge in [0.1, 0.15) is 11.9 Å². The molecule has 8 heteroatoms. The Morgan fingerprint density at radius 2 is 1.86 bits per heavy atom. The number of hydrazine groups is 1. The van der Waals surface area contributed by atoms with Gasteiger partial charge in [0.15, 0.2) is 0 Å². The lowest BCUT2D eigenvalue weighted by atomic mass is 10.0. The van der Waals surface area contributed by atoms with E-state index < -0.39 is 12.1 Å². The van der Waals surface area contributed by atoms with Crippen LogP contribution in [-0.2, 0) is 0 Å². The van der Waals surface area contributed by atoms with E-state index in [9.17, 15) is 9.59 Å². The molecule has 1 aliphatic rings. The second-order valence-corrected chi connectivity index (χ2v) is 7.28. The van der Waals surface area contributed by atoms with E-state index in [0.29, 0.717) is 22.6 Å². The van der Waals surface area contributed by atoms with Crippen LogP contribution in [0.5, 0.6) is 5.75 Å². The van der Waals surface area contributed by atoms with Gasteiger partial charge in [0.05, 0.1) is 12.7 Å². The average molecular weight is 453 g/mol. The van der Waals surface area contributed by atoms with Crippen LogP contribution >= 0.6 is 15.9 Å². The maximum atomic E-state index is 13.3. The van der Waals surface area contributed by atoms with Crippen LogP contribution < -0.4 is 15.5 Å². The number of carbonyl (C=O) groups is 2. The Hall–Kier alpha value is -3.39. The van der Waals surface area contributed by atoms with Crippen LogP contribution in [0.2, 0.25) is 0 Å². The first-order valence-corrected chi connectivity index (χ1v) is 9.61.